The molecule has 0 aliphatic carbocycles. The van der Waals surface area contributed by atoms with Crippen LogP contribution in [0.25, 0.3) is 0 Å². The number of aryl methyl sites for hydroxylation is 1. The molecule has 128 valence electrons. The first-order chi connectivity index (χ1) is 10.9. The van der Waals surface area contributed by atoms with Gasteiger partial charge in [0.2, 0.25) is 11.8 Å². The van der Waals surface area contributed by atoms with E-state index in [0.717, 1.165) is 11.1 Å². The summed E-state index contributed by atoms with van der Waals surface area (Å²) in [5.41, 5.74) is 2.23. The largest absolute Gasteiger partial charge is 0.354 e. The number of hydrogen-bond donors (Lipinski definition) is 1. The van der Waals surface area contributed by atoms with Crippen molar-refractivity contribution in [2.75, 3.05) is 6.54 Å². The number of benzene rings is 1. The highest BCUT2D eigenvalue weighted by atomic mass is 16.2. The maximum Gasteiger partial charge on any atom is 0.242 e. The summed E-state index contributed by atoms with van der Waals surface area (Å²) in [7, 11) is 0. The van der Waals surface area contributed by atoms with Gasteiger partial charge in [0.1, 0.15) is 6.04 Å². The highest BCUT2D eigenvalue weighted by Gasteiger charge is 2.27. The van der Waals surface area contributed by atoms with E-state index in [0.29, 0.717) is 31.8 Å². The molecule has 0 aliphatic rings. The maximum atomic E-state index is 12.5. The Morgan fingerprint density at radius 2 is 1.83 bits per heavy atom. The van der Waals surface area contributed by atoms with E-state index in [2.05, 4.69) is 19.2 Å². The molecule has 0 radical (unpaired) electrons. The van der Waals surface area contributed by atoms with Crippen molar-refractivity contribution in [3.63, 3.8) is 0 Å². The van der Waals surface area contributed by atoms with Crippen LogP contribution in [0.15, 0.2) is 24.3 Å². The first kappa shape index (κ1) is 19.2. The first-order valence-electron chi connectivity index (χ1n) is 8.52. The zero-order valence-corrected chi connectivity index (χ0v) is 15.1. The van der Waals surface area contributed by atoms with Crippen LogP contribution in [0, 0.1) is 12.8 Å². The Morgan fingerprint density at radius 1 is 1.17 bits per heavy atom. The van der Waals surface area contributed by atoms with Crippen molar-refractivity contribution in [3.8, 4) is 0 Å². The maximum absolute atomic E-state index is 12.5. The highest BCUT2D eigenvalue weighted by Crippen LogP contribution is 2.16. The summed E-state index contributed by atoms with van der Waals surface area (Å²) in [6.45, 7) is 11.1. The molecule has 0 aromatic heterocycles. The molecule has 1 aromatic carbocycles. The average Bonchev–Trinajstić information content (AvgIpc) is 2.53. The summed E-state index contributed by atoms with van der Waals surface area (Å²) in [5.74, 6) is 0.347. The van der Waals surface area contributed by atoms with E-state index >= 15 is 0 Å². The van der Waals surface area contributed by atoms with Crippen LogP contribution in [-0.4, -0.2) is 29.3 Å². The van der Waals surface area contributed by atoms with E-state index < -0.39 is 6.04 Å². The lowest BCUT2D eigenvalue weighted by molar-refractivity contribution is -0.141. The molecule has 1 unspecified atom stereocenters. The smallest absolute Gasteiger partial charge is 0.242 e. The van der Waals surface area contributed by atoms with E-state index in [1.165, 1.54) is 0 Å². The predicted molar refractivity (Wildman–Crippen MR) is 93.9 cm³/mol. The van der Waals surface area contributed by atoms with Crippen molar-refractivity contribution in [2.24, 2.45) is 5.92 Å². The van der Waals surface area contributed by atoms with Gasteiger partial charge in [-0.3, -0.25) is 9.59 Å². The summed E-state index contributed by atoms with van der Waals surface area (Å²) in [5, 5.41) is 2.96. The second-order valence-electron chi connectivity index (χ2n) is 6.36. The fraction of sp³-hybridized carbons (Fsp3) is 0.579. The van der Waals surface area contributed by atoms with Crippen LogP contribution in [0.1, 0.15) is 51.7 Å². The second kappa shape index (κ2) is 9.33. The minimum absolute atomic E-state index is 0.0137. The molecular formula is C19H30N2O2. The molecule has 0 bridgehead atoms. The molecule has 0 fully saturated rings. The third-order valence-electron chi connectivity index (χ3n) is 3.97. The molecule has 1 rings (SSSR count). The van der Waals surface area contributed by atoms with Crippen LogP contribution < -0.4 is 5.32 Å². The van der Waals surface area contributed by atoms with Gasteiger partial charge in [-0.15, -0.1) is 0 Å². The molecule has 23 heavy (non-hydrogen) atoms. The number of hydrogen-bond acceptors (Lipinski definition) is 2. The van der Waals surface area contributed by atoms with Gasteiger partial charge < -0.3 is 10.2 Å². The molecular weight excluding hydrogens is 288 g/mol. The van der Waals surface area contributed by atoms with Gasteiger partial charge >= 0.3 is 0 Å². The Balaban J connectivity index is 2.96. The molecule has 0 heterocycles. The quantitative estimate of drug-likeness (QED) is 0.799. The third-order valence-corrected chi connectivity index (χ3v) is 3.97. The van der Waals surface area contributed by atoms with Crippen molar-refractivity contribution in [3.05, 3.63) is 35.4 Å². The Bertz CT molecular complexity index is 526. The van der Waals surface area contributed by atoms with Gasteiger partial charge in [0, 0.05) is 19.5 Å². The fourth-order valence-corrected chi connectivity index (χ4v) is 2.52. The van der Waals surface area contributed by atoms with Crippen molar-refractivity contribution >= 4 is 11.8 Å². The van der Waals surface area contributed by atoms with E-state index in [4.69, 9.17) is 0 Å². The molecule has 0 saturated carbocycles. The lowest BCUT2D eigenvalue weighted by atomic mass is 10.1. The number of carbonyl (C=O) groups excluding carboxylic acids is 2. The van der Waals surface area contributed by atoms with Gasteiger partial charge in [-0.1, -0.05) is 52.0 Å². The topological polar surface area (TPSA) is 49.4 Å². The third kappa shape index (κ3) is 5.70. The van der Waals surface area contributed by atoms with Gasteiger partial charge in [-0.25, -0.2) is 0 Å². The predicted octanol–water partition coefficient (Wildman–Crippen LogP) is 3.28. The lowest BCUT2D eigenvalue weighted by Gasteiger charge is -2.31. The van der Waals surface area contributed by atoms with Crippen LogP contribution in [0.5, 0.6) is 0 Å². The zero-order valence-electron chi connectivity index (χ0n) is 15.1. The molecule has 1 aromatic rings. The van der Waals surface area contributed by atoms with Crippen molar-refractivity contribution < 1.29 is 9.59 Å². The van der Waals surface area contributed by atoms with Crippen LogP contribution >= 0.6 is 0 Å². The molecule has 0 spiro atoms. The van der Waals surface area contributed by atoms with E-state index in [-0.39, 0.29) is 11.8 Å². The SMILES string of the molecule is CCC(=O)N(Cc1ccccc1C)C(CC)C(=O)NCC(C)C. The van der Waals surface area contributed by atoms with E-state index in [1.54, 1.807) is 4.90 Å². The van der Waals surface area contributed by atoms with Crippen molar-refractivity contribution in [1.29, 1.82) is 0 Å². The highest BCUT2D eigenvalue weighted by molar-refractivity contribution is 5.87. The summed E-state index contributed by atoms with van der Waals surface area (Å²) in [4.78, 5) is 26.6. The molecule has 4 heteroatoms. The summed E-state index contributed by atoms with van der Waals surface area (Å²) < 4.78 is 0. The molecule has 4 nitrogen and oxygen atoms in total. The van der Waals surface area contributed by atoms with Crippen LogP contribution in [0.4, 0.5) is 0 Å². The molecule has 1 N–H and O–H groups in total. The monoisotopic (exact) mass is 318 g/mol. The van der Waals surface area contributed by atoms with Crippen molar-refractivity contribution in [2.45, 2.75) is 60.0 Å². The molecule has 2 amide bonds. The van der Waals surface area contributed by atoms with Crippen molar-refractivity contribution in [1.82, 2.24) is 10.2 Å². The van der Waals surface area contributed by atoms with E-state index in [1.807, 2.05) is 45.0 Å². The van der Waals surface area contributed by atoms with Gasteiger partial charge in [0.25, 0.3) is 0 Å². The number of nitrogens with one attached hydrogen (secondary N) is 1. The fourth-order valence-electron chi connectivity index (χ4n) is 2.52. The molecule has 0 aliphatic heterocycles. The first-order valence-corrected chi connectivity index (χ1v) is 8.52. The van der Waals surface area contributed by atoms with Gasteiger partial charge in [0.05, 0.1) is 0 Å². The zero-order chi connectivity index (χ0) is 17.4. The molecule has 1 atom stereocenters. The number of carbonyl (C=O) groups is 2. The minimum atomic E-state index is -0.416. The second-order valence-corrected chi connectivity index (χ2v) is 6.36. The Morgan fingerprint density at radius 3 is 2.35 bits per heavy atom. The Hall–Kier alpha value is -1.84. The minimum Gasteiger partial charge on any atom is -0.354 e. The average molecular weight is 318 g/mol. The number of nitrogens with zero attached hydrogens (tertiary/aromatic N) is 1. The Labute approximate surface area is 140 Å². The lowest BCUT2D eigenvalue weighted by Crippen LogP contribution is -2.49. The van der Waals surface area contributed by atoms with Gasteiger partial charge in [-0.05, 0) is 30.4 Å². The van der Waals surface area contributed by atoms with Crippen LogP contribution in [-0.2, 0) is 16.1 Å². The van der Waals surface area contributed by atoms with E-state index in [9.17, 15) is 9.59 Å². The Kier molecular flexibility index (Phi) is 7.79. The van der Waals surface area contributed by atoms with Gasteiger partial charge in [0.15, 0.2) is 0 Å². The molecule has 0 saturated heterocycles. The summed E-state index contributed by atoms with van der Waals surface area (Å²) in [6, 6.07) is 7.59. The van der Waals surface area contributed by atoms with Crippen LogP contribution in [0.2, 0.25) is 0 Å². The number of rotatable bonds is 8. The van der Waals surface area contributed by atoms with Crippen LogP contribution in [0.3, 0.4) is 0 Å². The summed E-state index contributed by atoms with van der Waals surface area (Å²) >= 11 is 0. The number of amides is 2. The normalized spacial score (nSPS) is 12.1. The summed E-state index contributed by atoms with van der Waals surface area (Å²) in [6.07, 6.45) is 1.02. The standard InChI is InChI=1S/C19H30N2O2/c1-6-17(19(23)20-12-14(3)4)21(18(22)7-2)13-16-11-9-8-10-15(16)5/h8-11,14,17H,6-7,12-13H2,1-5H3,(H,20,23). The van der Waals surface area contributed by atoms with Gasteiger partial charge in [-0.2, -0.15) is 0 Å².